The standard InChI is InChI=1S/C20H26N4O.HI/c1-14(2)17-6-5-7-18(12-17)23-20(21)22-13-15-8-10-16(11-9-15)19(25)24(3)4;/h5-12,14H,13H2,1-4H3,(H3,21,22,23);1H. The molecular weight excluding hydrogens is 439 g/mol. The molecule has 0 aliphatic carbocycles. The summed E-state index contributed by atoms with van der Waals surface area (Å²) in [5.41, 5.74) is 9.81. The highest BCUT2D eigenvalue weighted by Crippen LogP contribution is 2.18. The Morgan fingerprint density at radius 1 is 1.15 bits per heavy atom. The average molecular weight is 466 g/mol. The van der Waals surface area contributed by atoms with E-state index >= 15 is 0 Å². The first-order chi connectivity index (χ1) is 11.9. The van der Waals surface area contributed by atoms with E-state index in [1.54, 1.807) is 19.0 Å². The lowest BCUT2D eigenvalue weighted by molar-refractivity contribution is 0.0827. The summed E-state index contributed by atoms with van der Waals surface area (Å²) in [6.45, 7) is 4.77. The number of halogens is 1. The summed E-state index contributed by atoms with van der Waals surface area (Å²) in [5, 5.41) is 3.12. The van der Waals surface area contributed by atoms with Crippen LogP contribution < -0.4 is 11.1 Å². The maximum absolute atomic E-state index is 11.9. The van der Waals surface area contributed by atoms with Gasteiger partial charge in [0.05, 0.1) is 6.54 Å². The normalized spacial score (nSPS) is 11.0. The second-order valence-electron chi connectivity index (χ2n) is 6.50. The van der Waals surface area contributed by atoms with E-state index in [4.69, 9.17) is 5.73 Å². The van der Waals surface area contributed by atoms with Crippen LogP contribution in [0.3, 0.4) is 0 Å². The number of nitrogens with two attached hydrogens (primary N) is 1. The van der Waals surface area contributed by atoms with E-state index in [0.29, 0.717) is 24.0 Å². The fourth-order valence-electron chi connectivity index (χ4n) is 2.35. The van der Waals surface area contributed by atoms with Crippen molar-refractivity contribution in [3.63, 3.8) is 0 Å². The topological polar surface area (TPSA) is 70.7 Å². The van der Waals surface area contributed by atoms with Crippen LogP contribution in [0.5, 0.6) is 0 Å². The van der Waals surface area contributed by atoms with Crippen molar-refractivity contribution in [1.82, 2.24) is 4.90 Å². The second kappa shape index (κ2) is 10.2. The maximum Gasteiger partial charge on any atom is 0.253 e. The molecule has 2 rings (SSSR count). The van der Waals surface area contributed by atoms with Gasteiger partial charge in [-0.2, -0.15) is 0 Å². The van der Waals surface area contributed by atoms with E-state index in [9.17, 15) is 4.79 Å². The number of nitrogens with zero attached hydrogens (tertiary/aromatic N) is 2. The molecule has 0 bridgehead atoms. The largest absolute Gasteiger partial charge is 0.370 e. The third-order valence-corrected chi connectivity index (χ3v) is 3.86. The third-order valence-electron chi connectivity index (χ3n) is 3.86. The zero-order chi connectivity index (χ0) is 18.4. The Kier molecular flexibility index (Phi) is 8.57. The smallest absolute Gasteiger partial charge is 0.253 e. The fourth-order valence-corrected chi connectivity index (χ4v) is 2.35. The van der Waals surface area contributed by atoms with Crippen LogP contribution in [0.2, 0.25) is 0 Å². The Morgan fingerprint density at radius 2 is 1.81 bits per heavy atom. The molecule has 2 aromatic carbocycles. The maximum atomic E-state index is 11.9. The molecule has 0 aliphatic heterocycles. The molecule has 0 radical (unpaired) electrons. The molecule has 2 aromatic rings. The van der Waals surface area contributed by atoms with E-state index in [0.717, 1.165) is 11.3 Å². The SMILES string of the molecule is CC(C)c1cccc(NC(N)=NCc2ccc(C(=O)N(C)C)cc2)c1.I. The van der Waals surface area contributed by atoms with Gasteiger partial charge in [-0.3, -0.25) is 4.79 Å². The van der Waals surface area contributed by atoms with Gasteiger partial charge in [-0.25, -0.2) is 4.99 Å². The quantitative estimate of drug-likeness (QED) is 0.397. The molecule has 0 aliphatic rings. The van der Waals surface area contributed by atoms with Gasteiger partial charge >= 0.3 is 0 Å². The summed E-state index contributed by atoms with van der Waals surface area (Å²) in [6, 6.07) is 15.6. The Hall–Kier alpha value is -2.09. The minimum absolute atomic E-state index is 0. The van der Waals surface area contributed by atoms with Crippen molar-refractivity contribution in [3.8, 4) is 0 Å². The third kappa shape index (κ3) is 6.33. The van der Waals surface area contributed by atoms with Crippen LogP contribution in [-0.2, 0) is 6.54 Å². The number of aliphatic imine (C=N–C) groups is 1. The summed E-state index contributed by atoms with van der Waals surface area (Å²) >= 11 is 0. The van der Waals surface area contributed by atoms with E-state index < -0.39 is 0 Å². The Balaban J connectivity index is 0.00000338. The molecule has 0 fully saturated rings. The first kappa shape index (κ1) is 22.0. The van der Waals surface area contributed by atoms with Crippen LogP contribution in [-0.4, -0.2) is 30.9 Å². The van der Waals surface area contributed by atoms with Gasteiger partial charge in [0, 0.05) is 25.3 Å². The molecule has 0 saturated carbocycles. The molecule has 26 heavy (non-hydrogen) atoms. The summed E-state index contributed by atoms with van der Waals surface area (Å²) in [5.74, 6) is 0.818. The number of rotatable bonds is 5. The zero-order valence-corrected chi connectivity index (χ0v) is 18.0. The molecule has 0 saturated heterocycles. The number of guanidine groups is 1. The monoisotopic (exact) mass is 466 g/mol. The summed E-state index contributed by atoms with van der Waals surface area (Å²) in [6.07, 6.45) is 0. The van der Waals surface area contributed by atoms with Crippen molar-refractivity contribution in [2.45, 2.75) is 26.3 Å². The zero-order valence-electron chi connectivity index (χ0n) is 15.7. The molecule has 1 amide bonds. The number of hydrogen-bond donors (Lipinski definition) is 2. The first-order valence-corrected chi connectivity index (χ1v) is 8.34. The van der Waals surface area contributed by atoms with Crippen LogP contribution in [0.25, 0.3) is 0 Å². The number of anilines is 1. The van der Waals surface area contributed by atoms with Crippen molar-refractivity contribution >= 4 is 41.5 Å². The molecule has 0 unspecified atom stereocenters. The molecule has 0 aromatic heterocycles. The van der Waals surface area contributed by atoms with Crippen LogP contribution in [0.15, 0.2) is 53.5 Å². The average Bonchev–Trinajstić information content (AvgIpc) is 2.60. The van der Waals surface area contributed by atoms with Crippen LogP contribution in [0, 0.1) is 0 Å². The number of amides is 1. The van der Waals surface area contributed by atoms with Gasteiger partial charge < -0.3 is 16.0 Å². The van der Waals surface area contributed by atoms with Gasteiger partial charge in [0.25, 0.3) is 5.91 Å². The predicted octanol–water partition coefficient (Wildman–Crippen LogP) is 4.06. The molecule has 5 nitrogen and oxygen atoms in total. The molecular formula is C20H27IN4O. The van der Waals surface area contributed by atoms with Crippen LogP contribution in [0.4, 0.5) is 5.69 Å². The van der Waals surface area contributed by atoms with E-state index in [2.05, 4.69) is 36.3 Å². The van der Waals surface area contributed by atoms with Gasteiger partial charge in [0.2, 0.25) is 0 Å². The molecule has 0 atom stereocenters. The second-order valence-corrected chi connectivity index (χ2v) is 6.50. The van der Waals surface area contributed by atoms with Crippen molar-refractivity contribution in [2.75, 3.05) is 19.4 Å². The number of nitrogens with one attached hydrogen (secondary N) is 1. The highest BCUT2D eigenvalue weighted by Gasteiger charge is 2.07. The minimum Gasteiger partial charge on any atom is -0.370 e. The van der Waals surface area contributed by atoms with E-state index in [1.165, 1.54) is 5.56 Å². The first-order valence-electron chi connectivity index (χ1n) is 8.34. The van der Waals surface area contributed by atoms with Gasteiger partial charge in [-0.05, 0) is 41.3 Å². The highest BCUT2D eigenvalue weighted by molar-refractivity contribution is 14.0. The fraction of sp³-hybridized carbons (Fsp3) is 0.300. The number of carbonyl (C=O) groups excluding carboxylic acids is 1. The van der Waals surface area contributed by atoms with Gasteiger partial charge in [0.1, 0.15) is 0 Å². The molecule has 0 spiro atoms. The Bertz CT molecular complexity index is 755. The highest BCUT2D eigenvalue weighted by atomic mass is 127. The Labute approximate surface area is 172 Å². The number of benzene rings is 2. The van der Waals surface area contributed by atoms with Gasteiger partial charge in [-0.15, -0.1) is 24.0 Å². The van der Waals surface area contributed by atoms with Crippen LogP contribution in [0.1, 0.15) is 41.3 Å². The van der Waals surface area contributed by atoms with Crippen molar-refractivity contribution < 1.29 is 4.79 Å². The lowest BCUT2D eigenvalue weighted by Gasteiger charge is -2.11. The number of carbonyl (C=O) groups is 1. The lowest BCUT2D eigenvalue weighted by Crippen LogP contribution is -2.22. The van der Waals surface area contributed by atoms with Crippen molar-refractivity contribution in [1.29, 1.82) is 0 Å². The number of hydrogen-bond acceptors (Lipinski definition) is 2. The van der Waals surface area contributed by atoms with Gasteiger partial charge in [0.15, 0.2) is 5.96 Å². The molecule has 6 heteroatoms. The lowest BCUT2D eigenvalue weighted by atomic mass is 10.0. The van der Waals surface area contributed by atoms with Gasteiger partial charge in [-0.1, -0.05) is 38.1 Å². The van der Waals surface area contributed by atoms with E-state index in [1.807, 2.05) is 36.4 Å². The van der Waals surface area contributed by atoms with Crippen molar-refractivity contribution in [2.24, 2.45) is 10.7 Å². The van der Waals surface area contributed by atoms with Crippen molar-refractivity contribution in [3.05, 3.63) is 65.2 Å². The van der Waals surface area contributed by atoms with Crippen LogP contribution >= 0.6 is 24.0 Å². The summed E-state index contributed by atoms with van der Waals surface area (Å²) < 4.78 is 0. The molecule has 0 heterocycles. The summed E-state index contributed by atoms with van der Waals surface area (Å²) in [4.78, 5) is 17.8. The molecule has 3 N–H and O–H groups in total. The predicted molar refractivity (Wildman–Crippen MR) is 119 cm³/mol. The van der Waals surface area contributed by atoms with E-state index in [-0.39, 0.29) is 29.9 Å². The summed E-state index contributed by atoms with van der Waals surface area (Å²) in [7, 11) is 3.47. The Morgan fingerprint density at radius 3 is 2.38 bits per heavy atom. The molecule has 140 valence electrons. The minimum atomic E-state index is -0.0127.